The molecule has 0 fully saturated rings. The van der Waals surface area contributed by atoms with Crippen molar-refractivity contribution >= 4 is 26.0 Å². The highest BCUT2D eigenvalue weighted by atomic mass is 79.9. The quantitative estimate of drug-likeness (QED) is 0.806. The van der Waals surface area contributed by atoms with Crippen LogP contribution in [0.2, 0.25) is 0 Å². The van der Waals surface area contributed by atoms with Crippen LogP contribution in [0.4, 0.5) is 0 Å². The molecule has 0 saturated heterocycles. The topological polar surface area (TPSA) is 88.3 Å². The summed E-state index contributed by atoms with van der Waals surface area (Å²) in [6, 6.07) is 9.18. The molecule has 0 aliphatic heterocycles. The highest BCUT2D eigenvalue weighted by Crippen LogP contribution is 2.23. The van der Waals surface area contributed by atoms with E-state index < -0.39 is 10.0 Å². The summed E-state index contributed by atoms with van der Waals surface area (Å²) in [6.07, 6.45) is 0. The van der Waals surface area contributed by atoms with Crippen molar-refractivity contribution in [2.45, 2.75) is 11.6 Å². The molecule has 7 nitrogen and oxygen atoms in total. The maximum Gasteiger partial charge on any atom is 0.263 e. The van der Waals surface area contributed by atoms with Crippen LogP contribution >= 0.6 is 15.9 Å². The smallest absolute Gasteiger partial charge is 0.263 e. The molecule has 0 aliphatic rings. The molecule has 0 saturated carbocycles. The van der Waals surface area contributed by atoms with Gasteiger partial charge in [-0.05, 0) is 21.5 Å². The summed E-state index contributed by atoms with van der Waals surface area (Å²) in [5.74, 6) is 0. The van der Waals surface area contributed by atoms with Gasteiger partial charge in [0.1, 0.15) is 0 Å². The summed E-state index contributed by atoms with van der Waals surface area (Å²) in [6.45, 7) is -0.106. The van der Waals surface area contributed by atoms with Crippen molar-refractivity contribution in [2.75, 3.05) is 13.2 Å². The van der Waals surface area contributed by atoms with E-state index in [1.165, 1.54) is 16.0 Å². The molecular formula is C12H15BrN4O3S. The van der Waals surface area contributed by atoms with Crippen molar-refractivity contribution in [3.05, 3.63) is 40.5 Å². The van der Waals surface area contributed by atoms with Crippen LogP contribution in [0.3, 0.4) is 0 Å². The van der Waals surface area contributed by atoms with E-state index in [1.807, 2.05) is 30.3 Å². The van der Waals surface area contributed by atoms with E-state index in [-0.39, 0.29) is 29.3 Å². The highest BCUT2D eigenvalue weighted by molar-refractivity contribution is 9.10. The van der Waals surface area contributed by atoms with Crippen LogP contribution in [-0.4, -0.2) is 46.0 Å². The number of hydrogen-bond acceptors (Lipinski definition) is 5. The Balaban J connectivity index is 2.37. The number of aliphatic hydroxyl groups is 1. The number of rotatable bonds is 6. The van der Waals surface area contributed by atoms with Crippen LogP contribution in [0.5, 0.6) is 0 Å². The molecular weight excluding hydrogens is 360 g/mol. The average molecular weight is 375 g/mol. The third-order valence-corrected chi connectivity index (χ3v) is 5.61. The average Bonchev–Trinajstić information content (AvgIpc) is 2.79. The molecule has 0 amide bonds. The first-order valence-corrected chi connectivity index (χ1v) is 8.40. The van der Waals surface area contributed by atoms with Crippen LogP contribution in [0, 0.1) is 0 Å². The number of aliphatic hydroxyl groups excluding tert-OH is 1. The second-order valence-corrected chi connectivity index (χ2v) is 6.96. The minimum atomic E-state index is -3.82. The van der Waals surface area contributed by atoms with Crippen molar-refractivity contribution in [2.24, 2.45) is 7.05 Å². The van der Waals surface area contributed by atoms with Crippen molar-refractivity contribution < 1.29 is 13.5 Å². The Morgan fingerprint density at radius 2 is 2.00 bits per heavy atom. The summed E-state index contributed by atoms with van der Waals surface area (Å²) < 4.78 is 28.0. The third-order valence-electron chi connectivity index (χ3n) is 2.87. The maximum atomic E-state index is 12.7. The standard InChI is InChI=1S/C12H15BrN4O3S/c1-16-12(11(13)14-15-16)21(19,20)17(7-8-18)9-10-5-3-2-4-6-10/h2-6,18H,7-9H2,1H3. The Labute approximate surface area is 131 Å². The Morgan fingerprint density at radius 1 is 1.33 bits per heavy atom. The first kappa shape index (κ1) is 16.1. The normalized spacial score (nSPS) is 12.0. The van der Waals surface area contributed by atoms with Gasteiger partial charge in [-0.15, -0.1) is 5.10 Å². The van der Waals surface area contributed by atoms with E-state index in [0.717, 1.165) is 5.56 Å². The van der Waals surface area contributed by atoms with Gasteiger partial charge in [-0.25, -0.2) is 13.1 Å². The van der Waals surface area contributed by atoms with Crippen molar-refractivity contribution in [1.29, 1.82) is 0 Å². The summed E-state index contributed by atoms with van der Waals surface area (Å²) in [7, 11) is -2.31. The van der Waals surface area contributed by atoms with Crippen LogP contribution in [0.15, 0.2) is 40.0 Å². The highest BCUT2D eigenvalue weighted by Gasteiger charge is 2.30. The monoisotopic (exact) mass is 374 g/mol. The van der Waals surface area contributed by atoms with E-state index in [0.29, 0.717) is 0 Å². The predicted molar refractivity (Wildman–Crippen MR) is 79.8 cm³/mol. The second kappa shape index (κ2) is 6.65. The zero-order valence-corrected chi connectivity index (χ0v) is 13.7. The zero-order chi connectivity index (χ0) is 15.5. The number of aromatic nitrogens is 3. The Morgan fingerprint density at radius 3 is 2.52 bits per heavy atom. The minimum Gasteiger partial charge on any atom is -0.395 e. The molecule has 0 aliphatic carbocycles. The van der Waals surface area contributed by atoms with E-state index in [2.05, 4.69) is 26.2 Å². The van der Waals surface area contributed by atoms with Crippen molar-refractivity contribution in [3.8, 4) is 0 Å². The number of nitrogens with zero attached hydrogens (tertiary/aromatic N) is 4. The summed E-state index contributed by atoms with van der Waals surface area (Å²) in [5.41, 5.74) is 0.834. The molecule has 9 heteroatoms. The van der Waals surface area contributed by atoms with Crippen LogP contribution < -0.4 is 0 Å². The van der Waals surface area contributed by atoms with Gasteiger partial charge in [-0.3, -0.25) is 0 Å². The van der Waals surface area contributed by atoms with Gasteiger partial charge in [-0.1, -0.05) is 35.5 Å². The third kappa shape index (κ3) is 3.49. The first-order valence-electron chi connectivity index (χ1n) is 6.17. The fourth-order valence-corrected chi connectivity index (χ4v) is 4.35. The van der Waals surface area contributed by atoms with Crippen molar-refractivity contribution in [1.82, 2.24) is 19.3 Å². The molecule has 0 radical (unpaired) electrons. The fourth-order valence-electron chi connectivity index (χ4n) is 1.90. The van der Waals surface area contributed by atoms with Crippen LogP contribution in [0.1, 0.15) is 5.56 Å². The summed E-state index contributed by atoms with van der Waals surface area (Å²) in [4.78, 5) is 0. The molecule has 1 aromatic heterocycles. The lowest BCUT2D eigenvalue weighted by Crippen LogP contribution is -2.34. The molecule has 1 heterocycles. The van der Waals surface area contributed by atoms with Gasteiger partial charge >= 0.3 is 0 Å². The lowest BCUT2D eigenvalue weighted by atomic mass is 10.2. The van der Waals surface area contributed by atoms with Gasteiger partial charge in [0.15, 0.2) is 4.60 Å². The number of hydrogen-bond donors (Lipinski definition) is 1. The van der Waals surface area contributed by atoms with E-state index in [1.54, 1.807) is 0 Å². The lowest BCUT2D eigenvalue weighted by molar-refractivity contribution is 0.250. The zero-order valence-electron chi connectivity index (χ0n) is 11.3. The van der Waals surface area contributed by atoms with Gasteiger partial charge in [0, 0.05) is 20.1 Å². The van der Waals surface area contributed by atoms with Crippen LogP contribution in [0.25, 0.3) is 0 Å². The molecule has 0 atom stereocenters. The van der Waals surface area contributed by atoms with Gasteiger partial charge in [0.2, 0.25) is 5.03 Å². The molecule has 114 valence electrons. The number of sulfonamides is 1. The second-order valence-electron chi connectivity index (χ2n) is 4.36. The number of aryl methyl sites for hydroxylation is 1. The van der Waals surface area contributed by atoms with Gasteiger partial charge in [-0.2, -0.15) is 4.31 Å². The fraction of sp³-hybridized carbons (Fsp3) is 0.333. The maximum absolute atomic E-state index is 12.7. The molecule has 2 rings (SSSR count). The largest absolute Gasteiger partial charge is 0.395 e. The summed E-state index contributed by atoms with van der Waals surface area (Å²) >= 11 is 3.09. The Bertz CT molecular complexity index is 683. The van der Waals surface area contributed by atoms with Crippen LogP contribution in [-0.2, 0) is 23.6 Å². The number of halogens is 1. The predicted octanol–water partition coefficient (Wildman–Crippen LogP) is 0.761. The molecule has 0 bridgehead atoms. The van der Waals surface area contributed by atoms with Crippen molar-refractivity contribution in [3.63, 3.8) is 0 Å². The van der Waals surface area contributed by atoms with E-state index in [9.17, 15) is 8.42 Å². The molecule has 1 aromatic carbocycles. The molecule has 21 heavy (non-hydrogen) atoms. The molecule has 0 spiro atoms. The van der Waals surface area contributed by atoms with Gasteiger partial charge < -0.3 is 5.11 Å². The first-order chi connectivity index (χ1) is 9.96. The van der Waals surface area contributed by atoms with E-state index >= 15 is 0 Å². The summed E-state index contributed by atoms with van der Waals surface area (Å²) in [5, 5.41) is 16.5. The molecule has 2 aromatic rings. The number of benzene rings is 1. The SMILES string of the molecule is Cn1nnc(Br)c1S(=O)(=O)N(CCO)Cc1ccccc1. The molecule has 1 N–H and O–H groups in total. The Hall–Kier alpha value is -1.29. The van der Waals surface area contributed by atoms with E-state index in [4.69, 9.17) is 5.11 Å². The minimum absolute atomic E-state index is 0.00511. The Kier molecular flexibility index (Phi) is 5.09. The van der Waals surface area contributed by atoms with Gasteiger partial charge in [0.05, 0.1) is 6.61 Å². The lowest BCUT2D eigenvalue weighted by Gasteiger charge is -2.21. The van der Waals surface area contributed by atoms with Gasteiger partial charge in [0.25, 0.3) is 10.0 Å². The molecule has 0 unspecified atom stereocenters.